The summed E-state index contributed by atoms with van der Waals surface area (Å²) in [4.78, 5) is 12.2. The van der Waals surface area contributed by atoms with E-state index in [1.807, 2.05) is 18.2 Å². The van der Waals surface area contributed by atoms with Crippen LogP contribution in [0.1, 0.15) is 37.7 Å². The Hall–Kier alpha value is -1.26. The fraction of sp³-hybridized carbons (Fsp3) is 0.533. The molecule has 1 fully saturated rings. The Morgan fingerprint density at radius 1 is 1.25 bits per heavy atom. The van der Waals surface area contributed by atoms with Crippen LogP contribution in [-0.2, 0) is 11.2 Å². The molecule has 2 aliphatic rings. The molecule has 1 saturated carbocycles. The largest absolute Gasteiger partial charge is 0.493 e. The molecule has 1 aliphatic carbocycles. The lowest BCUT2D eigenvalue weighted by Crippen LogP contribution is -2.48. The summed E-state index contributed by atoms with van der Waals surface area (Å²) in [5.74, 6) is 0.884. The third-order valence-electron chi connectivity index (χ3n) is 4.11. The van der Waals surface area contributed by atoms with Crippen LogP contribution in [0.3, 0.4) is 0 Å². The highest BCUT2D eigenvalue weighted by atomic mass is 35.5. The van der Waals surface area contributed by atoms with Crippen molar-refractivity contribution < 1.29 is 9.53 Å². The molecule has 1 heterocycles. The van der Waals surface area contributed by atoms with Crippen LogP contribution >= 0.6 is 12.4 Å². The number of hydrogen-bond acceptors (Lipinski definition) is 3. The van der Waals surface area contributed by atoms with Gasteiger partial charge in [-0.1, -0.05) is 12.8 Å². The minimum absolute atomic E-state index is 0. The van der Waals surface area contributed by atoms with Crippen molar-refractivity contribution in [2.45, 2.75) is 44.1 Å². The third kappa shape index (κ3) is 2.91. The number of hydrogen-bond donors (Lipinski definition) is 2. The number of anilines is 1. The molecule has 1 aromatic carbocycles. The Morgan fingerprint density at radius 2 is 2.00 bits per heavy atom. The van der Waals surface area contributed by atoms with Crippen LogP contribution in [0.4, 0.5) is 5.69 Å². The number of benzene rings is 1. The highest BCUT2D eigenvalue weighted by Crippen LogP contribution is 2.30. The van der Waals surface area contributed by atoms with E-state index in [4.69, 9.17) is 10.5 Å². The number of carbonyl (C=O) groups excluding carboxylic acids is 1. The molecule has 1 aromatic rings. The topological polar surface area (TPSA) is 64.4 Å². The lowest BCUT2D eigenvalue weighted by Gasteiger charge is -2.23. The highest BCUT2D eigenvalue weighted by Gasteiger charge is 2.37. The Kier molecular flexibility index (Phi) is 4.55. The lowest BCUT2D eigenvalue weighted by atomic mass is 9.97. The van der Waals surface area contributed by atoms with E-state index in [9.17, 15) is 4.79 Å². The molecule has 0 spiro atoms. The summed E-state index contributed by atoms with van der Waals surface area (Å²) in [5.41, 5.74) is 7.47. The molecule has 0 aromatic heterocycles. The van der Waals surface area contributed by atoms with E-state index in [0.717, 1.165) is 56.6 Å². The van der Waals surface area contributed by atoms with Gasteiger partial charge in [0.05, 0.1) is 12.1 Å². The smallest absolute Gasteiger partial charge is 0.244 e. The number of amides is 1. The third-order valence-corrected chi connectivity index (χ3v) is 4.11. The first kappa shape index (κ1) is 15.1. The molecular formula is C15H21ClN2O2. The average Bonchev–Trinajstić information content (AvgIpc) is 2.87. The number of carbonyl (C=O) groups is 1. The van der Waals surface area contributed by atoms with Gasteiger partial charge in [-0.15, -0.1) is 12.4 Å². The van der Waals surface area contributed by atoms with Gasteiger partial charge >= 0.3 is 0 Å². The average molecular weight is 297 g/mol. The van der Waals surface area contributed by atoms with Crippen molar-refractivity contribution in [2.75, 3.05) is 11.9 Å². The molecule has 0 bridgehead atoms. The molecule has 0 unspecified atom stereocenters. The van der Waals surface area contributed by atoms with Gasteiger partial charge in [-0.2, -0.15) is 0 Å². The molecule has 3 N–H and O–H groups in total. The molecular weight excluding hydrogens is 276 g/mol. The summed E-state index contributed by atoms with van der Waals surface area (Å²) in [6.45, 7) is 0.782. The maximum atomic E-state index is 12.2. The SMILES string of the molecule is Cl.NC1(C(=O)Nc2ccc3c(c2)CCCO3)CCCC1. The standard InChI is InChI=1S/C15H20N2O2.ClH/c16-15(7-1-2-8-15)14(18)17-12-5-6-13-11(10-12)4-3-9-19-13;/h5-6,10H,1-4,7-9,16H2,(H,17,18);1H. The zero-order valence-corrected chi connectivity index (χ0v) is 12.3. The van der Waals surface area contributed by atoms with Gasteiger partial charge in [0.1, 0.15) is 5.75 Å². The number of halogens is 1. The molecule has 3 rings (SSSR count). The van der Waals surface area contributed by atoms with Crippen molar-refractivity contribution in [3.05, 3.63) is 23.8 Å². The fourth-order valence-corrected chi connectivity index (χ4v) is 2.93. The summed E-state index contributed by atoms with van der Waals surface area (Å²) in [5, 5.41) is 2.95. The molecule has 0 saturated heterocycles. The van der Waals surface area contributed by atoms with Gasteiger partial charge in [-0.25, -0.2) is 0 Å². The summed E-state index contributed by atoms with van der Waals surface area (Å²) in [6, 6.07) is 5.83. The van der Waals surface area contributed by atoms with Crippen LogP contribution in [0.2, 0.25) is 0 Å². The van der Waals surface area contributed by atoms with Crippen molar-refractivity contribution in [1.29, 1.82) is 0 Å². The van der Waals surface area contributed by atoms with Crippen LogP contribution in [-0.4, -0.2) is 18.1 Å². The number of fused-ring (bicyclic) bond motifs is 1. The number of ether oxygens (including phenoxy) is 1. The predicted octanol–water partition coefficient (Wildman–Crippen LogP) is 2.64. The zero-order chi connectivity index (χ0) is 13.3. The summed E-state index contributed by atoms with van der Waals surface area (Å²) in [7, 11) is 0. The maximum absolute atomic E-state index is 12.2. The first-order valence-electron chi connectivity index (χ1n) is 7.03. The van der Waals surface area contributed by atoms with Gasteiger partial charge in [0.15, 0.2) is 0 Å². The number of nitrogens with two attached hydrogens (primary N) is 1. The van der Waals surface area contributed by atoms with Gasteiger partial charge < -0.3 is 15.8 Å². The Morgan fingerprint density at radius 3 is 2.75 bits per heavy atom. The van der Waals surface area contributed by atoms with E-state index in [-0.39, 0.29) is 18.3 Å². The molecule has 4 nitrogen and oxygen atoms in total. The van der Waals surface area contributed by atoms with Crippen LogP contribution in [0.5, 0.6) is 5.75 Å². The normalized spacial score (nSPS) is 19.4. The maximum Gasteiger partial charge on any atom is 0.244 e. The van der Waals surface area contributed by atoms with Gasteiger partial charge in [-0.05, 0) is 49.4 Å². The summed E-state index contributed by atoms with van der Waals surface area (Å²) in [6.07, 6.45) is 5.70. The molecule has 1 amide bonds. The van der Waals surface area contributed by atoms with E-state index in [1.165, 1.54) is 5.56 Å². The zero-order valence-electron chi connectivity index (χ0n) is 11.5. The Balaban J connectivity index is 0.00000147. The Bertz CT molecular complexity index is 499. The second kappa shape index (κ2) is 6.02. The number of rotatable bonds is 2. The number of nitrogens with one attached hydrogen (secondary N) is 1. The van der Waals surface area contributed by atoms with Crippen molar-refractivity contribution in [3.63, 3.8) is 0 Å². The molecule has 1 aliphatic heterocycles. The lowest BCUT2D eigenvalue weighted by molar-refractivity contribution is -0.121. The highest BCUT2D eigenvalue weighted by molar-refractivity contribution is 5.98. The molecule has 110 valence electrons. The first-order chi connectivity index (χ1) is 9.17. The second-order valence-corrected chi connectivity index (χ2v) is 5.59. The van der Waals surface area contributed by atoms with E-state index in [1.54, 1.807) is 0 Å². The van der Waals surface area contributed by atoms with Crippen molar-refractivity contribution in [1.82, 2.24) is 0 Å². The summed E-state index contributed by atoms with van der Waals surface area (Å²) >= 11 is 0. The quantitative estimate of drug-likeness (QED) is 0.882. The minimum atomic E-state index is -0.674. The molecule has 20 heavy (non-hydrogen) atoms. The molecule has 5 heteroatoms. The van der Waals surface area contributed by atoms with Gasteiger partial charge in [-0.3, -0.25) is 4.79 Å². The fourth-order valence-electron chi connectivity index (χ4n) is 2.93. The van der Waals surface area contributed by atoms with E-state index in [0.29, 0.717) is 0 Å². The minimum Gasteiger partial charge on any atom is -0.493 e. The van der Waals surface area contributed by atoms with Crippen LogP contribution in [0, 0.1) is 0 Å². The first-order valence-corrected chi connectivity index (χ1v) is 7.03. The van der Waals surface area contributed by atoms with Crippen molar-refractivity contribution in [2.24, 2.45) is 5.73 Å². The summed E-state index contributed by atoms with van der Waals surface area (Å²) < 4.78 is 5.57. The van der Waals surface area contributed by atoms with Crippen LogP contribution < -0.4 is 15.8 Å². The van der Waals surface area contributed by atoms with Gasteiger partial charge in [0, 0.05) is 5.69 Å². The monoisotopic (exact) mass is 296 g/mol. The Labute approximate surface area is 125 Å². The van der Waals surface area contributed by atoms with Gasteiger partial charge in [0.2, 0.25) is 5.91 Å². The van der Waals surface area contributed by atoms with Crippen molar-refractivity contribution in [3.8, 4) is 5.75 Å². The second-order valence-electron chi connectivity index (χ2n) is 5.59. The van der Waals surface area contributed by atoms with Crippen LogP contribution in [0.15, 0.2) is 18.2 Å². The van der Waals surface area contributed by atoms with E-state index >= 15 is 0 Å². The van der Waals surface area contributed by atoms with Crippen molar-refractivity contribution >= 4 is 24.0 Å². The molecule has 0 radical (unpaired) electrons. The molecule has 0 atom stereocenters. The van der Waals surface area contributed by atoms with E-state index < -0.39 is 5.54 Å². The predicted molar refractivity (Wildman–Crippen MR) is 81.5 cm³/mol. The van der Waals surface area contributed by atoms with Gasteiger partial charge in [0.25, 0.3) is 0 Å². The van der Waals surface area contributed by atoms with Crippen LogP contribution in [0.25, 0.3) is 0 Å². The van der Waals surface area contributed by atoms with E-state index in [2.05, 4.69) is 5.32 Å². The number of aryl methyl sites for hydroxylation is 1.